The van der Waals surface area contributed by atoms with Gasteiger partial charge in [0.1, 0.15) is 5.82 Å². The molecule has 7 nitrogen and oxygen atoms in total. The summed E-state index contributed by atoms with van der Waals surface area (Å²) in [5.41, 5.74) is 1.54. The lowest BCUT2D eigenvalue weighted by atomic mass is 10.3. The van der Waals surface area contributed by atoms with Crippen LogP contribution in [0.4, 0.5) is 9.18 Å². The van der Waals surface area contributed by atoms with Crippen LogP contribution in [0, 0.1) is 5.82 Å². The highest BCUT2D eigenvalue weighted by Crippen LogP contribution is 2.09. The van der Waals surface area contributed by atoms with E-state index in [9.17, 15) is 14.0 Å². The fourth-order valence-electron chi connectivity index (χ4n) is 2.03. The molecule has 1 aromatic heterocycles. The van der Waals surface area contributed by atoms with Crippen molar-refractivity contribution < 1.29 is 19.1 Å². The number of carboxylic acids is 1. The van der Waals surface area contributed by atoms with Crippen molar-refractivity contribution in [1.82, 2.24) is 20.0 Å². The molecule has 8 heteroatoms. The van der Waals surface area contributed by atoms with Crippen LogP contribution in [0.5, 0.6) is 0 Å². The highest BCUT2D eigenvalue weighted by Gasteiger charge is 2.09. The first kappa shape index (κ1) is 17.5. The lowest BCUT2D eigenvalue weighted by Crippen LogP contribution is -2.39. The van der Waals surface area contributed by atoms with Gasteiger partial charge in [-0.25, -0.2) is 13.9 Å². The molecule has 2 aromatic rings. The number of aliphatic carboxylic acids is 1. The van der Waals surface area contributed by atoms with Crippen LogP contribution in [0.2, 0.25) is 0 Å². The third-order valence-corrected chi connectivity index (χ3v) is 3.40. The van der Waals surface area contributed by atoms with Crippen molar-refractivity contribution in [2.45, 2.75) is 12.8 Å². The lowest BCUT2D eigenvalue weighted by molar-refractivity contribution is -0.137. The first-order valence-electron chi connectivity index (χ1n) is 7.47. The number of rotatable bonds is 7. The van der Waals surface area contributed by atoms with Gasteiger partial charge in [-0.3, -0.25) is 4.79 Å². The minimum atomic E-state index is -0.944. The fourth-order valence-corrected chi connectivity index (χ4v) is 2.03. The van der Waals surface area contributed by atoms with Gasteiger partial charge in [-0.2, -0.15) is 5.10 Å². The van der Waals surface area contributed by atoms with Gasteiger partial charge in [0, 0.05) is 32.8 Å². The molecule has 0 saturated heterocycles. The zero-order chi connectivity index (χ0) is 17.5. The molecular formula is C16H19FN4O3. The quantitative estimate of drug-likeness (QED) is 0.806. The number of benzene rings is 1. The molecule has 2 rings (SSSR count). The third kappa shape index (κ3) is 5.08. The summed E-state index contributed by atoms with van der Waals surface area (Å²) in [7, 11) is 1.54. The summed E-state index contributed by atoms with van der Waals surface area (Å²) in [6.07, 6.45) is 2.21. The highest BCUT2D eigenvalue weighted by atomic mass is 19.1. The second kappa shape index (κ2) is 8.09. The van der Waals surface area contributed by atoms with Crippen LogP contribution in [0.25, 0.3) is 5.69 Å². The zero-order valence-electron chi connectivity index (χ0n) is 13.3. The zero-order valence-corrected chi connectivity index (χ0v) is 13.3. The van der Waals surface area contributed by atoms with Crippen LogP contribution in [0.1, 0.15) is 12.1 Å². The van der Waals surface area contributed by atoms with Gasteiger partial charge in [-0.15, -0.1) is 0 Å². The van der Waals surface area contributed by atoms with Gasteiger partial charge >= 0.3 is 12.0 Å². The van der Waals surface area contributed by atoms with Crippen molar-refractivity contribution in [3.8, 4) is 5.69 Å². The Balaban J connectivity index is 1.80. The van der Waals surface area contributed by atoms with Gasteiger partial charge in [0.15, 0.2) is 0 Å². The van der Waals surface area contributed by atoms with Gasteiger partial charge < -0.3 is 15.3 Å². The van der Waals surface area contributed by atoms with Crippen LogP contribution in [0.15, 0.2) is 36.5 Å². The Morgan fingerprint density at radius 3 is 2.67 bits per heavy atom. The summed E-state index contributed by atoms with van der Waals surface area (Å²) in [4.78, 5) is 23.6. The molecule has 0 fully saturated rings. The molecule has 0 aliphatic heterocycles. The van der Waals surface area contributed by atoms with Crippen molar-refractivity contribution in [2.24, 2.45) is 0 Å². The van der Waals surface area contributed by atoms with E-state index in [2.05, 4.69) is 10.4 Å². The molecule has 0 aliphatic carbocycles. The van der Waals surface area contributed by atoms with Crippen LogP contribution in [-0.2, 0) is 11.2 Å². The van der Waals surface area contributed by atoms with E-state index in [1.807, 2.05) is 6.07 Å². The Morgan fingerprint density at radius 1 is 1.29 bits per heavy atom. The van der Waals surface area contributed by atoms with Crippen LogP contribution >= 0.6 is 0 Å². The molecule has 128 valence electrons. The van der Waals surface area contributed by atoms with Crippen LogP contribution < -0.4 is 5.32 Å². The van der Waals surface area contributed by atoms with Gasteiger partial charge in [0.25, 0.3) is 0 Å². The van der Waals surface area contributed by atoms with Crippen molar-refractivity contribution in [1.29, 1.82) is 0 Å². The fraction of sp³-hybridized carbons (Fsp3) is 0.312. The largest absolute Gasteiger partial charge is 0.481 e. The molecule has 1 heterocycles. The average Bonchev–Trinajstić information content (AvgIpc) is 3.02. The number of urea groups is 1. The van der Waals surface area contributed by atoms with Gasteiger partial charge in [-0.1, -0.05) is 0 Å². The minimum Gasteiger partial charge on any atom is -0.481 e. The van der Waals surface area contributed by atoms with Crippen molar-refractivity contribution in [3.05, 3.63) is 48.0 Å². The third-order valence-electron chi connectivity index (χ3n) is 3.40. The van der Waals surface area contributed by atoms with E-state index < -0.39 is 5.97 Å². The molecular weight excluding hydrogens is 315 g/mol. The molecule has 0 aliphatic rings. The van der Waals surface area contributed by atoms with E-state index in [1.165, 1.54) is 17.0 Å². The van der Waals surface area contributed by atoms with E-state index in [1.54, 1.807) is 30.1 Å². The standard InChI is InChI=1S/C16H19FN4O3/c1-20(10-8-15(22)23)16(24)18-9-6-13-7-11-21(19-13)14-4-2-12(17)3-5-14/h2-5,7,11H,6,8-10H2,1H3,(H,18,24)(H,22,23). The van der Waals surface area contributed by atoms with Crippen molar-refractivity contribution in [3.63, 3.8) is 0 Å². The maximum atomic E-state index is 12.9. The van der Waals surface area contributed by atoms with Crippen molar-refractivity contribution in [2.75, 3.05) is 20.1 Å². The smallest absolute Gasteiger partial charge is 0.317 e. The number of aromatic nitrogens is 2. The number of carboxylic acid groups (broad SMARTS) is 1. The van der Waals surface area contributed by atoms with E-state index in [0.717, 1.165) is 11.4 Å². The normalized spacial score (nSPS) is 10.4. The van der Waals surface area contributed by atoms with E-state index in [0.29, 0.717) is 13.0 Å². The Kier molecular flexibility index (Phi) is 5.89. The maximum absolute atomic E-state index is 12.9. The molecule has 0 radical (unpaired) electrons. The number of nitrogens with one attached hydrogen (secondary N) is 1. The molecule has 0 bridgehead atoms. The summed E-state index contributed by atoms with van der Waals surface area (Å²) >= 11 is 0. The second-order valence-corrected chi connectivity index (χ2v) is 5.28. The second-order valence-electron chi connectivity index (χ2n) is 5.28. The predicted molar refractivity (Wildman–Crippen MR) is 85.5 cm³/mol. The summed E-state index contributed by atoms with van der Waals surface area (Å²) in [6.45, 7) is 0.539. The molecule has 24 heavy (non-hydrogen) atoms. The number of hydrogen-bond acceptors (Lipinski definition) is 3. The summed E-state index contributed by atoms with van der Waals surface area (Å²) in [5, 5.41) is 15.7. The number of halogens is 1. The maximum Gasteiger partial charge on any atom is 0.317 e. The SMILES string of the molecule is CN(CCC(=O)O)C(=O)NCCc1ccn(-c2ccc(F)cc2)n1. The molecule has 0 spiro atoms. The van der Waals surface area contributed by atoms with Gasteiger partial charge in [0.05, 0.1) is 17.8 Å². The van der Waals surface area contributed by atoms with E-state index in [4.69, 9.17) is 5.11 Å². The lowest BCUT2D eigenvalue weighted by Gasteiger charge is -2.16. The highest BCUT2D eigenvalue weighted by molar-refractivity contribution is 5.74. The predicted octanol–water partition coefficient (Wildman–Crippen LogP) is 1.67. The average molecular weight is 334 g/mol. The number of nitrogens with zero attached hydrogens (tertiary/aromatic N) is 3. The van der Waals surface area contributed by atoms with Gasteiger partial charge in [0.2, 0.25) is 0 Å². The Morgan fingerprint density at radius 2 is 2.00 bits per heavy atom. The Labute approximate surface area is 138 Å². The molecule has 0 unspecified atom stereocenters. The topological polar surface area (TPSA) is 87.5 Å². The summed E-state index contributed by atoms with van der Waals surface area (Å²) < 4.78 is 14.5. The van der Waals surface area contributed by atoms with Gasteiger partial charge in [-0.05, 0) is 30.3 Å². The number of hydrogen-bond donors (Lipinski definition) is 2. The summed E-state index contributed by atoms with van der Waals surface area (Å²) in [5.74, 6) is -1.25. The first-order chi connectivity index (χ1) is 11.5. The number of carbonyl (C=O) groups is 2. The molecule has 2 amide bonds. The number of carbonyl (C=O) groups excluding carboxylic acids is 1. The minimum absolute atomic E-state index is 0.0913. The molecule has 0 atom stereocenters. The first-order valence-corrected chi connectivity index (χ1v) is 7.47. The van der Waals surface area contributed by atoms with Crippen LogP contribution in [-0.4, -0.2) is 51.9 Å². The molecule has 1 aromatic carbocycles. The Bertz CT molecular complexity index is 700. The monoisotopic (exact) mass is 334 g/mol. The summed E-state index contributed by atoms with van der Waals surface area (Å²) in [6, 6.07) is 7.49. The van der Waals surface area contributed by atoms with E-state index in [-0.39, 0.29) is 24.8 Å². The van der Waals surface area contributed by atoms with E-state index >= 15 is 0 Å². The van der Waals surface area contributed by atoms with Crippen molar-refractivity contribution >= 4 is 12.0 Å². The molecule has 2 N–H and O–H groups in total. The molecule has 0 saturated carbocycles. The number of amides is 2. The van der Waals surface area contributed by atoms with Crippen LogP contribution in [0.3, 0.4) is 0 Å². The Hall–Kier alpha value is -2.90.